The SMILES string of the molecule is CC(N)C(=O)N1CCCCC1CN(Cc1ccccc1)C1CC1. The summed E-state index contributed by atoms with van der Waals surface area (Å²) in [7, 11) is 0. The standard InChI is InChI=1S/C19H29N3O/c1-15(20)19(23)22-12-6-5-9-18(22)14-21(17-10-11-17)13-16-7-3-2-4-8-16/h2-4,7-8,15,17-18H,5-6,9-14,20H2,1H3. The van der Waals surface area contributed by atoms with Crippen LogP contribution in [0.25, 0.3) is 0 Å². The van der Waals surface area contributed by atoms with Crippen LogP contribution in [-0.4, -0.2) is 46.9 Å². The van der Waals surface area contributed by atoms with Gasteiger partial charge in [-0.15, -0.1) is 0 Å². The van der Waals surface area contributed by atoms with Gasteiger partial charge in [0.1, 0.15) is 0 Å². The molecule has 4 heteroatoms. The highest BCUT2D eigenvalue weighted by atomic mass is 16.2. The maximum atomic E-state index is 12.4. The summed E-state index contributed by atoms with van der Waals surface area (Å²) in [6.07, 6.45) is 6.02. The van der Waals surface area contributed by atoms with Crippen molar-refractivity contribution in [2.75, 3.05) is 13.1 Å². The van der Waals surface area contributed by atoms with Gasteiger partial charge in [-0.25, -0.2) is 0 Å². The van der Waals surface area contributed by atoms with Crippen LogP contribution in [0.4, 0.5) is 0 Å². The lowest BCUT2D eigenvalue weighted by Gasteiger charge is -2.39. The predicted octanol–water partition coefficient (Wildman–Crippen LogP) is 2.38. The highest BCUT2D eigenvalue weighted by molar-refractivity contribution is 5.81. The molecule has 23 heavy (non-hydrogen) atoms. The normalized spacial score (nSPS) is 23.1. The first-order valence-corrected chi connectivity index (χ1v) is 8.99. The first-order chi connectivity index (χ1) is 11.1. The third kappa shape index (κ3) is 4.33. The molecule has 1 aromatic carbocycles. The van der Waals surface area contributed by atoms with Crippen molar-refractivity contribution in [2.24, 2.45) is 5.73 Å². The molecule has 126 valence electrons. The summed E-state index contributed by atoms with van der Waals surface area (Å²) >= 11 is 0. The number of carbonyl (C=O) groups excluding carboxylic acids is 1. The first kappa shape index (κ1) is 16.5. The molecule has 2 fully saturated rings. The molecule has 2 unspecified atom stereocenters. The van der Waals surface area contributed by atoms with E-state index in [9.17, 15) is 4.79 Å². The number of hydrogen-bond donors (Lipinski definition) is 1. The van der Waals surface area contributed by atoms with E-state index in [1.165, 1.54) is 24.8 Å². The van der Waals surface area contributed by atoms with Gasteiger partial charge in [0.05, 0.1) is 6.04 Å². The first-order valence-electron chi connectivity index (χ1n) is 8.99. The van der Waals surface area contributed by atoms with Crippen molar-refractivity contribution < 1.29 is 4.79 Å². The van der Waals surface area contributed by atoms with Gasteiger partial charge in [-0.2, -0.15) is 0 Å². The lowest BCUT2D eigenvalue weighted by molar-refractivity contribution is -0.136. The topological polar surface area (TPSA) is 49.6 Å². The average Bonchev–Trinajstić information content (AvgIpc) is 3.40. The van der Waals surface area contributed by atoms with Crippen LogP contribution >= 0.6 is 0 Å². The lowest BCUT2D eigenvalue weighted by atomic mass is 10.00. The minimum atomic E-state index is -0.390. The van der Waals surface area contributed by atoms with Crippen molar-refractivity contribution in [3.05, 3.63) is 35.9 Å². The maximum Gasteiger partial charge on any atom is 0.239 e. The molecule has 0 bridgehead atoms. The molecule has 2 atom stereocenters. The van der Waals surface area contributed by atoms with Crippen LogP contribution in [0.1, 0.15) is 44.6 Å². The van der Waals surface area contributed by atoms with Gasteiger partial charge in [-0.05, 0) is 44.6 Å². The van der Waals surface area contributed by atoms with Crippen LogP contribution in [0, 0.1) is 0 Å². The van der Waals surface area contributed by atoms with Gasteiger partial charge in [0.15, 0.2) is 0 Å². The molecule has 2 aliphatic rings. The number of likely N-dealkylation sites (tertiary alicyclic amines) is 1. The van der Waals surface area contributed by atoms with Crippen molar-refractivity contribution in [3.8, 4) is 0 Å². The van der Waals surface area contributed by atoms with E-state index >= 15 is 0 Å². The Balaban J connectivity index is 1.67. The molecule has 1 aliphatic carbocycles. The molecule has 1 aliphatic heterocycles. The van der Waals surface area contributed by atoms with Crippen LogP contribution in [0.3, 0.4) is 0 Å². The minimum absolute atomic E-state index is 0.116. The van der Waals surface area contributed by atoms with Gasteiger partial charge in [0.2, 0.25) is 5.91 Å². The number of hydrogen-bond acceptors (Lipinski definition) is 3. The van der Waals surface area contributed by atoms with E-state index in [0.29, 0.717) is 12.1 Å². The molecule has 1 saturated carbocycles. The van der Waals surface area contributed by atoms with E-state index < -0.39 is 0 Å². The maximum absolute atomic E-state index is 12.4. The number of nitrogens with two attached hydrogens (primary N) is 1. The summed E-state index contributed by atoms with van der Waals surface area (Å²) in [6.45, 7) is 4.64. The second-order valence-corrected chi connectivity index (χ2v) is 7.12. The smallest absolute Gasteiger partial charge is 0.239 e. The lowest BCUT2D eigenvalue weighted by Crippen LogP contribution is -2.53. The van der Waals surface area contributed by atoms with Crippen LogP contribution < -0.4 is 5.73 Å². The average molecular weight is 315 g/mol. The molecule has 1 heterocycles. The molecule has 1 aromatic rings. The summed E-state index contributed by atoms with van der Waals surface area (Å²) in [5.74, 6) is 0.116. The summed E-state index contributed by atoms with van der Waals surface area (Å²) in [5, 5.41) is 0. The Morgan fingerprint density at radius 3 is 2.65 bits per heavy atom. The van der Waals surface area contributed by atoms with Gasteiger partial charge in [-0.3, -0.25) is 9.69 Å². The number of benzene rings is 1. The molecule has 0 radical (unpaired) electrons. The van der Waals surface area contributed by atoms with Crippen molar-refractivity contribution in [2.45, 2.75) is 63.7 Å². The molecule has 0 aromatic heterocycles. The minimum Gasteiger partial charge on any atom is -0.337 e. The molecule has 1 saturated heterocycles. The quantitative estimate of drug-likeness (QED) is 0.877. The van der Waals surface area contributed by atoms with E-state index in [4.69, 9.17) is 5.73 Å². The van der Waals surface area contributed by atoms with Crippen LogP contribution in [0.5, 0.6) is 0 Å². The Bertz CT molecular complexity index is 513. The summed E-state index contributed by atoms with van der Waals surface area (Å²) in [6, 6.07) is 11.3. The van der Waals surface area contributed by atoms with E-state index in [-0.39, 0.29) is 11.9 Å². The van der Waals surface area contributed by atoms with Crippen molar-refractivity contribution >= 4 is 5.91 Å². The van der Waals surface area contributed by atoms with Gasteiger partial charge in [-0.1, -0.05) is 30.3 Å². The van der Waals surface area contributed by atoms with Crippen LogP contribution in [0.15, 0.2) is 30.3 Å². The Hall–Kier alpha value is -1.39. The summed E-state index contributed by atoms with van der Waals surface area (Å²) < 4.78 is 0. The Labute approximate surface area is 139 Å². The molecular weight excluding hydrogens is 286 g/mol. The highest BCUT2D eigenvalue weighted by Gasteiger charge is 2.34. The number of rotatable bonds is 6. The fourth-order valence-electron chi connectivity index (χ4n) is 3.61. The zero-order valence-corrected chi connectivity index (χ0v) is 14.2. The van der Waals surface area contributed by atoms with E-state index in [1.807, 2.05) is 0 Å². The van der Waals surface area contributed by atoms with E-state index in [0.717, 1.165) is 32.5 Å². The molecule has 1 amide bonds. The van der Waals surface area contributed by atoms with E-state index in [1.54, 1.807) is 6.92 Å². The number of carbonyl (C=O) groups is 1. The predicted molar refractivity (Wildman–Crippen MR) is 92.9 cm³/mol. The third-order valence-electron chi connectivity index (χ3n) is 5.04. The number of piperidine rings is 1. The number of nitrogens with zero attached hydrogens (tertiary/aromatic N) is 2. The molecule has 3 rings (SSSR count). The fraction of sp³-hybridized carbons (Fsp3) is 0.632. The zero-order chi connectivity index (χ0) is 16.2. The Kier molecular flexibility index (Phi) is 5.34. The van der Waals surface area contributed by atoms with Gasteiger partial charge in [0, 0.05) is 31.7 Å². The number of amides is 1. The van der Waals surface area contributed by atoms with Gasteiger partial charge < -0.3 is 10.6 Å². The second kappa shape index (κ2) is 7.45. The molecular formula is C19H29N3O. The molecule has 0 spiro atoms. The van der Waals surface area contributed by atoms with Crippen molar-refractivity contribution in [1.82, 2.24) is 9.80 Å². The largest absolute Gasteiger partial charge is 0.337 e. The molecule has 4 nitrogen and oxygen atoms in total. The van der Waals surface area contributed by atoms with Gasteiger partial charge in [0.25, 0.3) is 0 Å². The Morgan fingerprint density at radius 2 is 2.00 bits per heavy atom. The zero-order valence-electron chi connectivity index (χ0n) is 14.2. The highest BCUT2D eigenvalue weighted by Crippen LogP contribution is 2.30. The summed E-state index contributed by atoms with van der Waals surface area (Å²) in [4.78, 5) is 17.0. The second-order valence-electron chi connectivity index (χ2n) is 7.12. The molecule has 2 N–H and O–H groups in total. The van der Waals surface area contributed by atoms with Gasteiger partial charge >= 0.3 is 0 Å². The third-order valence-corrected chi connectivity index (χ3v) is 5.04. The Morgan fingerprint density at radius 1 is 1.26 bits per heavy atom. The van der Waals surface area contributed by atoms with E-state index in [2.05, 4.69) is 40.1 Å². The summed E-state index contributed by atoms with van der Waals surface area (Å²) in [5.41, 5.74) is 7.21. The van der Waals surface area contributed by atoms with Crippen LogP contribution in [-0.2, 0) is 11.3 Å². The van der Waals surface area contributed by atoms with Crippen molar-refractivity contribution in [1.29, 1.82) is 0 Å². The monoisotopic (exact) mass is 315 g/mol. The van der Waals surface area contributed by atoms with Crippen molar-refractivity contribution in [3.63, 3.8) is 0 Å². The van der Waals surface area contributed by atoms with Crippen LogP contribution in [0.2, 0.25) is 0 Å². The fourth-order valence-corrected chi connectivity index (χ4v) is 3.61.